The Kier molecular flexibility index (Phi) is 6.98. The van der Waals surface area contributed by atoms with Crippen molar-refractivity contribution < 1.29 is 19.1 Å². The average molecular weight is 411 g/mol. The lowest BCUT2D eigenvalue weighted by Crippen LogP contribution is -2.34. The third kappa shape index (κ3) is 4.75. The molecule has 0 fully saturated rings. The van der Waals surface area contributed by atoms with Gasteiger partial charge in [-0.3, -0.25) is 9.59 Å². The van der Waals surface area contributed by atoms with Crippen LogP contribution in [0.4, 0.5) is 0 Å². The van der Waals surface area contributed by atoms with E-state index in [0.717, 1.165) is 17.5 Å². The van der Waals surface area contributed by atoms with Crippen LogP contribution in [0.2, 0.25) is 0 Å². The summed E-state index contributed by atoms with van der Waals surface area (Å²) in [6.07, 6.45) is 1.11. The zero-order valence-electron chi connectivity index (χ0n) is 18.1. The Bertz CT molecular complexity index is 910. The van der Waals surface area contributed by atoms with Crippen LogP contribution in [-0.2, 0) is 11.3 Å². The van der Waals surface area contributed by atoms with Crippen molar-refractivity contribution in [3.05, 3.63) is 59.2 Å². The summed E-state index contributed by atoms with van der Waals surface area (Å²) in [5.74, 6) is 1.57. The second-order valence-corrected chi connectivity index (χ2v) is 7.96. The molecule has 160 valence electrons. The highest BCUT2D eigenvalue weighted by Crippen LogP contribution is 2.37. The van der Waals surface area contributed by atoms with Crippen LogP contribution in [0.1, 0.15) is 54.2 Å². The molecule has 1 heterocycles. The molecule has 1 aliphatic heterocycles. The van der Waals surface area contributed by atoms with Gasteiger partial charge >= 0.3 is 0 Å². The maximum absolute atomic E-state index is 13.1. The molecule has 0 saturated heterocycles. The second kappa shape index (κ2) is 9.65. The summed E-state index contributed by atoms with van der Waals surface area (Å²) >= 11 is 0. The van der Waals surface area contributed by atoms with E-state index in [2.05, 4.69) is 19.2 Å². The van der Waals surface area contributed by atoms with Crippen LogP contribution in [0, 0.1) is 5.92 Å². The number of carbonyl (C=O) groups is 2. The lowest BCUT2D eigenvalue weighted by molar-refractivity contribution is -0.122. The highest BCUT2D eigenvalue weighted by molar-refractivity contribution is 5.98. The van der Waals surface area contributed by atoms with Crippen LogP contribution in [0.3, 0.4) is 0 Å². The molecule has 1 aliphatic rings. The Morgan fingerprint density at radius 3 is 2.50 bits per heavy atom. The number of hydrogen-bond donors (Lipinski definition) is 1. The number of nitrogens with one attached hydrogen (secondary N) is 1. The molecule has 3 rings (SSSR count). The van der Waals surface area contributed by atoms with Crippen LogP contribution >= 0.6 is 0 Å². The Labute approximate surface area is 178 Å². The zero-order valence-corrected chi connectivity index (χ0v) is 18.1. The number of fused-ring (bicyclic) bond motifs is 1. The summed E-state index contributed by atoms with van der Waals surface area (Å²) in [6, 6.07) is 12.7. The first kappa shape index (κ1) is 21.7. The van der Waals surface area contributed by atoms with Crippen molar-refractivity contribution in [2.24, 2.45) is 5.92 Å². The van der Waals surface area contributed by atoms with E-state index in [0.29, 0.717) is 36.1 Å². The fourth-order valence-corrected chi connectivity index (χ4v) is 3.74. The highest BCUT2D eigenvalue weighted by atomic mass is 16.5. The van der Waals surface area contributed by atoms with Crippen molar-refractivity contribution in [2.75, 3.05) is 20.8 Å². The monoisotopic (exact) mass is 410 g/mol. The van der Waals surface area contributed by atoms with Crippen molar-refractivity contribution in [3.63, 3.8) is 0 Å². The van der Waals surface area contributed by atoms with Gasteiger partial charge in [0, 0.05) is 18.7 Å². The molecule has 1 unspecified atom stereocenters. The average Bonchev–Trinajstić information content (AvgIpc) is 3.07. The maximum Gasteiger partial charge on any atom is 0.255 e. The van der Waals surface area contributed by atoms with Crippen LogP contribution in [0.5, 0.6) is 11.5 Å². The topological polar surface area (TPSA) is 67.9 Å². The molecule has 30 heavy (non-hydrogen) atoms. The lowest BCUT2D eigenvalue weighted by Gasteiger charge is -2.28. The largest absolute Gasteiger partial charge is 0.493 e. The van der Waals surface area contributed by atoms with Crippen molar-refractivity contribution in [1.29, 1.82) is 0 Å². The molecule has 0 aliphatic carbocycles. The lowest BCUT2D eigenvalue weighted by atomic mass is 10.0. The van der Waals surface area contributed by atoms with E-state index in [1.165, 1.54) is 0 Å². The van der Waals surface area contributed by atoms with Gasteiger partial charge in [-0.2, -0.15) is 0 Å². The molecular formula is C24H30N2O4. The fourth-order valence-electron chi connectivity index (χ4n) is 3.74. The molecule has 2 aromatic rings. The Hall–Kier alpha value is -3.02. The molecule has 0 aromatic heterocycles. The van der Waals surface area contributed by atoms with Crippen LogP contribution in [0.15, 0.2) is 42.5 Å². The van der Waals surface area contributed by atoms with Crippen LogP contribution < -0.4 is 14.8 Å². The third-order valence-corrected chi connectivity index (χ3v) is 5.44. The molecule has 2 amide bonds. The van der Waals surface area contributed by atoms with E-state index in [1.54, 1.807) is 19.1 Å². The molecular weight excluding hydrogens is 380 g/mol. The van der Waals surface area contributed by atoms with Gasteiger partial charge in [-0.05, 0) is 41.7 Å². The summed E-state index contributed by atoms with van der Waals surface area (Å²) in [5.41, 5.74) is 2.52. The maximum atomic E-state index is 13.1. The number of amides is 2. The first-order valence-electron chi connectivity index (χ1n) is 10.3. The Morgan fingerprint density at radius 2 is 1.83 bits per heavy atom. The number of hydrogen-bond acceptors (Lipinski definition) is 4. The van der Waals surface area contributed by atoms with E-state index in [-0.39, 0.29) is 18.2 Å². The predicted molar refractivity (Wildman–Crippen MR) is 116 cm³/mol. The zero-order chi connectivity index (χ0) is 21.7. The molecule has 0 bridgehead atoms. The molecule has 0 saturated carbocycles. The molecule has 1 atom stereocenters. The minimum absolute atomic E-state index is 0.0552. The number of benzene rings is 2. The van der Waals surface area contributed by atoms with Gasteiger partial charge in [-0.25, -0.2) is 0 Å². The molecule has 0 radical (unpaired) electrons. The van der Waals surface area contributed by atoms with E-state index >= 15 is 0 Å². The van der Waals surface area contributed by atoms with Gasteiger partial charge in [0.2, 0.25) is 5.91 Å². The summed E-state index contributed by atoms with van der Waals surface area (Å²) in [7, 11) is 3.16. The van der Waals surface area contributed by atoms with Gasteiger partial charge in [-0.15, -0.1) is 0 Å². The van der Waals surface area contributed by atoms with Gasteiger partial charge in [0.25, 0.3) is 5.91 Å². The Balaban J connectivity index is 1.88. The summed E-state index contributed by atoms with van der Waals surface area (Å²) in [6.45, 7) is 5.36. The quantitative estimate of drug-likeness (QED) is 0.680. The highest BCUT2D eigenvalue weighted by Gasteiger charge is 2.34. The van der Waals surface area contributed by atoms with Crippen LogP contribution in [-0.4, -0.2) is 37.5 Å². The summed E-state index contributed by atoms with van der Waals surface area (Å²) in [4.78, 5) is 27.6. The molecule has 6 heteroatoms. The normalized spacial score (nSPS) is 13.9. The van der Waals surface area contributed by atoms with E-state index < -0.39 is 6.04 Å². The second-order valence-electron chi connectivity index (χ2n) is 7.96. The fraction of sp³-hybridized carbons (Fsp3) is 0.417. The number of methoxy groups -OCH3 is 2. The van der Waals surface area contributed by atoms with Crippen molar-refractivity contribution in [2.45, 2.75) is 39.3 Å². The van der Waals surface area contributed by atoms with E-state index in [4.69, 9.17) is 9.47 Å². The number of rotatable bonds is 9. The first-order chi connectivity index (χ1) is 14.4. The van der Waals surface area contributed by atoms with Crippen molar-refractivity contribution in [3.8, 4) is 11.5 Å². The molecule has 1 N–H and O–H groups in total. The molecule has 0 spiro atoms. The number of carbonyl (C=O) groups excluding carboxylic acids is 2. The summed E-state index contributed by atoms with van der Waals surface area (Å²) < 4.78 is 10.8. The predicted octanol–water partition coefficient (Wildman–Crippen LogP) is 3.95. The standard InChI is InChI=1S/C24H30N2O4/c1-16(2)11-12-25-23(27)14-20(17-9-10-21(29-3)22(13-17)30-4)26-15-18-7-5-6-8-19(18)24(26)28/h5-10,13,16,20H,11-12,14-15H2,1-4H3,(H,25,27). The van der Waals surface area contributed by atoms with Gasteiger partial charge in [0.1, 0.15) is 0 Å². The van der Waals surface area contributed by atoms with Gasteiger partial charge in [-0.1, -0.05) is 38.1 Å². The van der Waals surface area contributed by atoms with Gasteiger partial charge in [0.05, 0.1) is 26.7 Å². The smallest absolute Gasteiger partial charge is 0.255 e. The molecule has 2 aromatic carbocycles. The molecule has 6 nitrogen and oxygen atoms in total. The third-order valence-electron chi connectivity index (χ3n) is 5.44. The van der Waals surface area contributed by atoms with E-state index in [1.807, 2.05) is 42.5 Å². The van der Waals surface area contributed by atoms with E-state index in [9.17, 15) is 9.59 Å². The number of nitrogens with zero attached hydrogens (tertiary/aromatic N) is 1. The van der Waals surface area contributed by atoms with Crippen molar-refractivity contribution >= 4 is 11.8 Å². The van der Waals surface area contributed by atoms with Gasteiger partial charge in [0.15, 0.2) is 11.5 Å². The van der Waals surface area contributed by atoms with Crippen LogP contribution in [0.25, 0.3) is 0 Å². The first-order valence-corrected chi connectivity index (χ1v) is 10.3. The minimum atomic E-state index is -0.399. The Morgan fingerprint density at radius 1 is 1.10 bits per heavy atom. The van der Waals surface area contributed by atoms with Crippen molar-refractivity contribution in [1.82, 2.24) is 10.2 Å². The summed E-state index contributed by atoms with van der Waals surface area (Å²) in [5, 5.41) is 2.99. The minimum Gasteiger partial charge on any atom is -0.493 e. The SMILES string of the molecule is COc1ccc(C(CC(=O)NCCC(C)C)N2Cc3ccccc3C2=O)cc1OC. The van der Waals surface area contributed by atoms with Gasteiger partial charge < -0.3 is 19.7 Å². The number of ether oxygens (including phenoxy) is 2.